The van der Waals surface area contributed by atoms with Gasteiger partial charge in [-0.15, -0.1) is 11.3 Å². The molecule has 2 N–H and O–H groups in total. The summed E-state index contributed by atoms with van der Waals surface area (Å²) in [5, 5.41) is -0.120. The van der Waals surface area contributed by atoms with Crippen LogP contribution in [0.15, 0.2) is 70.5 Å². The minimum absolute atomic E-state index is 0.106. The van der Waals surface area contributed by atoms with E-state index >= 15 is 0 Å². The molecule has 3 aromatic rings. The number of sulfone groups is 1. The van der Waals surface area contributed by atoms with Crippen molar-refractivity contribution in [2.75, 3.05) is 6.26 Å². The van der Waals surface area contributed by atoms with Gasteiger partial charge in [0.15, 0.2) is 14.9 Å². The summed E-state index contributed by atoms with van der Waals surface area (Å²) < 4.78 is 103. The number of halogens is 6. The summed E-state index contributed by atoms with van der Waals surface area (Å²) in [5.41, 5.74) is 2.29. The molecule has 0 amide bonds. The highest BCUT2D eigenvalue weighted by Gasteiger charge is 2.34. The van der Waals surface area contributed by atoms with Crippen LogP contribution in [-0.4, -0.2) is 31.5 Å². The fourth-order valence-corrected chi connectivity index (χ4v) is 4.88. The van der Waals surface area contributed by atoms with Crippen LogP contribution in [0.25, 0.3) is 10.4 Å². The monoisotopic (exact) mass is 533 g/mol. The van der Waals surface area contributed by atoms with Gasteiger partial charge in [-0.2, -0.15) is 26.3 Å². The number of nitrogens with zero attached hydrogens (tertiary/aromatic N) is 2. The van der Waals surface area contributed by atoms with Gasteiger partial charge in [-0.25, -0.2) is 18.4 Å². The van der Waals surface area contributed by atoms with E-state index in [2.05, 4.69) is 9.98 Å². The largest absolute Gasteiger partial charge is 0.430 e. The summed E-state index contributed by atoms with van der Waals surface area (Å²) >= 11 is 0.932. The summed E-state index contributed by atoms with van der Waals surface area (Å²) in [6.07, 6.45) is -6.94. The van der Waals surface area contributed by atoms with E-state index in [1.54, 1.807) is 0 Å². The average molecular weight is 534 g/mol. The molecule has 0 atom stereocenters. The second-order valence-corrected chi connectivity index (χ2v) is 10.4. The zero-order valence-corrected chi connectivity index (χ0v) is 19.7. The number of allylic oxidation sites excluding steroid dienone is 2. The number of para-hydroxylation sites is 1. The van der Waals surface area contributed by atoms with E-state index in [0.717, 1.165) is 35.8 Å². The standard InChI is InChI=1S/C22H17F6N3O2S2/c1-12-9-13(11-30-20(12)35(2,32)33)17-7-8-18(34-17)16(10-19(29)22(26,27)28)31-15-6-4-3-5-14(15)21(23,24)25/h3-11H,29H2,1-2H3. The van der Waals surface area contributed by atoms with Crippen molar-refractivity contribution < 1.29 is 34.8 Å². The Morgan fingerprint density at radius 3 is 2.31 bits per heavy atom. The predicted molar refractivity (Wildman–Crippen MR) is 121 cm³/mol. The molecule has 0 aliphatic rings. The number of thiophene rings is 1. The zero-order valence-electron chi connectivity index (χ0n) is 18.1. The van der Waals surface area contributed by atoms with Gasteiger partial charge in [-0.3, -0.25) is 0 Å². The molecule has 0 saturated carbocycles. The van der Waals surface area contributed by atoms with Gasteiger partial charge in [0.2, 0.25) is 0 Å². The van der Waals surface area contributed by atoms with Gasteiger partial charge < -0.3 is 5.73 Å². The summed E-state index contributed by atoms with van der Waals surface area (Å²) in [7, 11) is -3.57. The van der Waals surface area contributed by atoms with Crippen molar-refractivity contribution in [1.29, 1.82) is 0 Å². The topological polar surface area (TPSA) is 85.4 Å². The first-order chi connectivity index (χ1) is 16.1. The summed E-state index contributed by atoms with van der Waals surface area (Å²) in [5.74, 6) is 0. The van der Waals surface area contributed by atoms with Gasteiger partial charge in [0, 0.05) is 22.9 Å². The first kappa shape index (κ1) is 26.4. The number of alkyl halides is 6. The molecule has 2 heterocycles. The van der Waals surface area contributed by atoms with Crippen molar-refractivity contribution in [2.24, 2.45) is 10.7 Å². The Morgan fingerprint density at radius 1 is 1.09 bits per heavy atom. The Balaban J connectivity index is 2.15. The van der Waals surface area contributed by atoms with Crippen molar-refractivity contribution in [3.05, 3.63) is 76.4 Å². The molecule has 0 bridgehead atoms. The fourth-order valence-electron chi connectivity index (χ4n) is 3.04. The van der Waals surface area contributed by atoms with Crippen LogP contribution < -0.4 is 5.73 Å². The first-order valence-corrected chi connectivity index (χ1v) is 12.3. The van der Waals surface area contributed by atoms with Gasteiger partial charge in [-0.1, -0.05) is 12.1 Å². The number of aryl methyl sites for hydroxylation is 1. The zero-order chi connectivity index (χ0) is 26.2. The molecule has 0 radical (unpaired) electrons. The number of aromatic nitrogens is 1. The molecular weight excluding hydrogens is 516 g/mol. The van der Waals surface area contributed by atoms with Crippen molar-refractivity contribution in [3.8, 4) is 10.4 Å². The van der Waals surface area contributed by atoms with E-state index in [9.17, 15) is 34.8 Å². The van der Waals surface area contributed by atoms with Gasteiger partial charge in [0.05, 0.1) is 21.8 Å². The van der Waals surface area contributed by atoms with Gasteiger partial charge in [0.1, 0.15) is 5.70 Å². The second-order valence-electron chi connectivity index (χ2n) is 7.39. The fraction of sp³-hybridized carbons (Fsp3) is 0.182. The Bertz CT molecular complexity index is 1420. The van der Waals surface area contributed by atoms with Crippen LogP contribution >= 0.6 is 11.3 Å². The van der Waals surface area contributed by atoms with E-state index < -0.39 is 44.8 Å². The number of rotatable bonds is 5. The average Bonchev–Trinajstić information content (AvgIpc) is 3.21. The van der Waals surface area contributed by atoms with E-state index in [4.69, 9.17) is 5.73 Å². The van der Waals surface area contributed by atoms with E-state index in [-0.39, 0.29) is 9.90 Å². The first-order valence-electron chi connectivity index (χ1n) is 9.64. The van der Waals surface area contributed by atoms with Crippen LogP contribution in [0.3, 0.4) is 0 Å². The summed E-state index contributed by atoms with van der Waals surface area (Å²) in [4.78, 5) is 8.41. The Labute approximate surface area is 200 Å². The molecule has 0 fully saturated rings. The van der Waals surface area contributed by atoms with Crippen LogP contribution in [0.5, 0.6) is 0 Å². The van der Waals surface area contributed by atoms with Gasteiger partial charge in [-0.05, 0) is 48.9 Å². The van der Waals surface area contributed by atoms with Crippen LogP contribution in [0.4, 0.5) is 32.0 Å². The normalized spacial score (nSPS) is 13.8. The van der Waals surface area contributed by atoms with E-state index in [0.29, 0.717) is 22.1 Å². The van der Waals surface area contributed by atoms with Crippen LogP contribution in [-0.2, 0) is 16.0 Å². The molecule has 0 saturated heterocycles. The number of aliphatic imine (C=N–C) groups is 1. The maximum atomic E-state index is 13.4. The minimum Gasteiger partial charge on any atom is -0.395 e. The molecule has 2 aromatic heterocycles. The maximum Gasteiger partial charge on any atom is 0.430 e. The maximum absolute atomic E-state index is 13.4. The molecular formula is C22H17F6N3O2S2. The molecule has 186 valence electrons. The second kappa shape index (κ2) is 9.46. The third-order valence-corrected chi connectivity index (χ3v) is 6.88. The lowest BCUT2D eigenvalue weighted by molar-refractivity contribution is -0.137. The lowest BCUT2D eigenvalue weighted by Gasteiger charge is -2.11. The van der Waals surface area contributed by atoms with Crippen LogP contribution in [0, 0.1) is 6.92 Å². The lowest BCUT2D eigenvalue weighted by Crippen LogP contribution is -2.20. The molecule has 5 nitrogen and oxygen atoms in total. The lowest BCUT2D eigenvalue weighted by atomic mass is 10.1. The van der Waals surface area contributed by atoms with Gasteiger partial charge >= 0.3 is 12.4 Å². The summed E-state index contributed by atoms with van der Waals surface area (Å²) in [6.45, 7) is 1.54. The van der Waals surface area contributed by atoms with Crippen molar-refractivity contribution in [3.63, 3.8) is 0 Å². The van der Waals surface area contributed by atoms with Crippen LogP contribution in [0.1, 0.15) is 16.0 Å². The quantitative estimate of drug-likeness (QED) is 0.319. The van der Waals surface area contributed by atoms with Crippen molar-refractivity contribution in [1.82, 2.24) is 4.98 Å². The van der Waals surface area contributed by atoms with E-state index in [1.165, 1.54) is 37.4 Å². The Kier molecular flexibility index (Phi) is 7.14. The smallest absolute Gasteiger partial charge is 0.395 e. The third-order valence-electron chi connectivity index (χ3n) is 4.59. The molecule has 0 spiro atoms. The highest BCUT2D eigenvalue weighted by molar-refractivity contribution is 7.90. The predicted octanol–water partition coefficient (Wildman–Crippen LogP) is 6.07. The molecule has 3 rings (SSSR count). The van der Waals surface area contributed by atoms with Gasteiger partial charge in [0.25, 0.3) is 0 Å². The number of nitrogens with two attached hydrogens (primary N) is 1. The Morgan fingerprint density at radius 2 is 1.74 bits per heavy atom. The van der Waals surface area contributed by atoms with Crippen molar-refractivity contribution in [2.45, 2.75) is 24.3 Å². The number of hydrogen-bond donors (Lipinski definition) is 1. The third kappa shape index (κ3) is 6.28. The van der Waals surface area contributed by atoms with E-state index in [1.807, 2.05) is 0 Å². The Hall–Kier alpha value is -3.19. The molecule has 13 heteroatoms. The van der Waals surface area contributed by atoms with Crippen molar-refractivity contribution >= 4 is 32.6 Å². The SMILES string of the molecule is Cc1cc(-c2ccc(C(C=C(N)C(F)(F)F)=Nc3ccccc3C(F)(F)F)s2)cnc1S(C)(=O)=O. The minimum atomic E-state index is -4.92. The molecule has 35 heavy (non-hydrogen) atoms. The molecule has 0 unspecified atom stereocenters. The molecule has 0 aliphatic heterocycles. The molecule has 0 aliphatic carbocycles. The summed E-state index contributed by atoms with van der Waals surface area (Å²) in [6, 6.07) is 8.65. The highest BCUT2D eigenvalue weighted by Crippen LogP contribution is 2.37. The number of benzene rings is 1. The number of pyridine rings is 1. The molecule has 1 aromatic carbocycles. The highest BCUT2D eigenvalue weighted by atomic mass is 32.2. The number of hydrogen-bond acceptors (Lipinski definition) is 6. The van der Waals surface area contributed by atoms with Crippen LogP contribution in [0.2, 0.25) is 0 Å².